The second kappa shape index (κ2) is 7.33. The van der Waals surface area contributed by atoms with E-state index in [-0.39, 0.29) is 5.56 Å². The lowest BCUT2D eigenvalue weighted by atomic mass is 10.1. The van der Waals surface area contributed by atoms with E-state index >= 15 is 0 Å². The molecule has 0 aliphatic carbocycles. The van der Waals surface area contributed by atoms with Crippen molar-refractivity contribution in [2.45, 2.75) is 5.51 Å². The van der Waals surface area contributed by atoms with E-state index in [9.17, 15) is 26.9 Å². The molecule has 1 heterocycles. The van der Waals surface area contributed by atoms with Gasteiger partial charge in [-0.05, 0) is 12.1 Å². The Kier molecular flexibility index (Phi) is 5.59. The molecule has 1 aliphatic heterocycles. The molecule has 2 rings (SSSR count). The van der Waals surface area contributed by atoms with Gasteiger partial charge in [-0.1, -0.05) is 12.1 Å². The van der Waals surface area contributed by atoms with E-state index in [0.29, 0.717) is 38.4 Å². The maximum absolute atomic E-state index is 12.5. The third kappa shape index (κ3) is 4.24. The number of piperazine rings is 1. The van der Waals surface area contributed by atoms with E-state index in [1.165, 1.54) is 6.07 Å². The summed E-state index contributed by atoms with van der Waals surface area (Å²) in [5.41, 5.74) is -5.46. The van der Waals surface area contributed by atoms with Gasteiger partial charge in [0.2, 0.25) is 0 Å². The summed E-state index contributed by atoms with van der Waals surface area (Å²) >= 11 is 0. The molecule has 6 nitrogen and oxygen atoms in total. The molecule has 0 saturated carbocycles. The van der Waals surface area contributed by atoms with Crippen LogP contribution < -0.4 is 9.08 Å². The van der Waals surface area contributed by atoms with Crippen LogP contribution in [0.25, 0.3) is 0 Å². The predicted octanol–water partition coefficient (Wildman–Crippen LogP) is 2.09. The summed E-state index contributed by atoms with van der Waals surface area (Å²) in [6.07, 6.45) is 1.77. The third-order valence-corrected chi connectivity index (χ3v) is 4.67. The number of nitriles is 1. The average Bonchev–Trinajstić information content (AvgIpc) is 2.54. The van der Waals surface area contributed by atoms with Crippen LogP contribution in [0.2, 0.25) is 0 Å². The standard InChI is InChI=1S/C15H16F3N3O3S/c1-2-6-20-7-9-21(10-8-20)13-4-3-5-14(12(13)11-19)24-25(22,23)15(16,17)18/h2-5H,1,6-10H2. The minimum absolute atomic E-state index is 0.243. The third-order valence-electron chi connectivity index (χ3n) is 3.70. The molecule has 0 unspecified atom stereocenters. The Labute approximate surface area is 143 Å². The summed E-state index contributed by atoms with van der Waals surface area (Å²) < 4.78 is 64.1. The number of halogens is 3. The molecule has 0 radical (unpaired) electrons. The first-order chi connectivity index (χ1) is 11.7. The summed E-state index contributed by atoms with van der Waals surface area (Å²) in [6.45, 7) is 6.82. The first-order valence-electron chi connectivity index (χ1n) is 7.31. The summed E-state index contributed by atoms with van der Waals surface area (Å²) in [5.74, 6) is -0.633. The van der Waals surface area contributed by atoms with Gasteiger partial charge in [-0.25, -0.2) is 0 Å². The Morgan fingerprint density at radius 3 is 2.44 bits per heavy atom. The molecular formula is C15H16F3N3O3S. The number of anilines is 1. The maximum Gasteiger partial charge on any atom is 0.534 e. The minimum Gasteiger partial charge on any atom is -0.375 e. The SMILES string of the molecule is C=CCN1CCN(c2cccc(OS(=O)(=O)C(F)(F)F)c2C#N)CC1. The van der Waals surface area contributed by atoms with Crippen molar-refractivity contribution in [2.75, 3.05) is 37.6 Å². The Hall–Kier alpha value is -2.25. The van der Waals surface area contributed by atoms with E-state index in [1.54, 1.807) is 18.2 Å². The van der Waals surface area contributed by atoms with Crippen LogP contribution >= 0.6 is 0 Å². The number of benzene rings is 1. The van der Waals surface area contributed by atoms with Gasteiger partial charge >= 0.3 is 15.6 Å². The predicted molar refractivity (Wildman–Crippen MR) is 85.6 cm³/mol. The summed E-state index contributed by atoms with van der Waals surface area (Å²) in [4.78, 5) is 3.94. The number of hydrogen-bond donors (Lipinski definition) is 0. The van der Waals surface area contributed by atoms with Crippen LogP contribution in [0.5, 0.6) is 5.75 Å². The second-order valence-electron chi connectivity index (χ2n) is 5.32. The molecule has 0 aromatic heterocycles. The number of hydrogen-bond acceptors (Lipinski definition) is 6. The van der Waals surface area contributed by atoms with Crippen molar-refractivity contribution in [2.24, 2.45) is 0 Å². The largest absolute Gasteiger partial charge is 0.534 e. The average molecular weight is 375 g/mol. The summed E-state index contributed by atoms with van der Waals surface area (Å²) in [6, 6.07) is 5.68. The van der Waals surface area contributed by atoms with Gasteiger partial charge in [0.1, 0.15) is 11.6 Å². The van der Waals surface area contributed by atoms with E-state index in [0.717, 1.165) is 6.07 Å². The van der Waals surface area contributed by atoms with Crippen molar-refractivity contribution in [1.29, 1.82) is 5.26 Å². The lowest BCUT2D eigenvalue weighted by Crippen LogP contribution is -2.46. The second-order valence-corrected chi connectivity index (χ2v) is 6.86. The Bertz CT molecular complexity index is 779. The Morgan fingerprint density at radius 2 is 1.92 bits per heavy atom. The zero-order valence-corrected chi connectivity index (χ0v) is 14.0. The van der Waals surface area contributed by atoms with E-state index in [4.69, 9.17) is 0 Å². The molecular weight excluding hydrogens is 359 g/mol. The monoisotopic (exact) mass is 375 g/mol. The van der Waals surface area contributed by atoms with Crippen LogP contribution in [-0.4, -0.2) is 51.5 Å². The fourth-order valence-corrected chi connectivity index (χ4v) is 2.95. The van der Waals surface area contributed by atoms with Crippen molar-refractivity contribution in [1.82, 2.24) is 4.90 Å². The molecule has 1 aromatic rings. The summed E-state index contributed by atoms with van der Waals surface area (Å²) in [5, 5.41) is 9.31. The van der Waals surface area contributed by atoms with Gasteiger partial charge in [-0.2, -0.15) is 26.9 Å². The normalized spacial score (nSPS) is 16.3. The molecule has 25 heavy (non-hydrogen) atoms. The number of nitrogens with zero attached hydrogens (tertiary/aromatic N) is 3. The van der Waals surface area contributed by atoms with Crippen LogP contribution in [0.1, 0.15) is 5.56 Å². The molecule has 1 saturated heterocycles. The molecule has 10 heteroatoms. The molecule has 0 bridgehead atoms. The van der Waals surface area contributed by atoms with Gasteiger partial charge in [-0.15, -0.1) is 6.58 Å². The molecule has 1 fully saturated rings. The highest BCUT2D eigenvalue weighted by molar-refractivity contribution is 7.88. The van der Waals surface area contributed by atoms with Gasteiger partial charge < -0.3 is 9.08 Å². The van der Waals surface area contributed by atoms with E-state index in [2.05, 4.69) is 15.7 Å². The molecule has 1 aromatic carbocycles. The zero-order valence-electron chi connectivity index (χ0n) is 13.2. The topological polar surface area (TPSA) is 73.6 Å². The first kappa shape index (κ1) is 19.1. The Balaban J connectivity index is 2.28. The first-order valence-corrected chi connectivity index (χ1v) is 8.72. The van der Waals surface area contributed by atoms with Crippen LogP contribution in [0, 0.1) is 11.3 Å². The highest BCUT2D eigenvalue weighted by Gasteiger charge is 2.49. The van der Waals surface area contributed by atoms with Crippen molar-refractivity contribution < 1.29 is 25.8 Å². The van der Waals surface area contributed by atoms with Crippen molar-refractivity contribution in [3.8, 4) is 11.8 Å². The highest BCUT2D eigenvalue weighted by Crippen LogP contribution is 2.33. The maximum atomic E-state index is 12.5. The molecule has 1 aliphatic rings. The smallest absolute Gasteiger partial charge is 0.375 e. The quantitative estimate of drug-likeness (QED) is 0.446. The minimum atomic E-state index is -5.84. The molecule has 0 N–H and O–H groups in total. The zero-order chi connectivity index (χ0) is 18.7. The lowest BCUT2D eigenvalue weighted by Gasteiger charge is -2.36. The summed E-state index contributed by atoms with van der Waals surface area (Å²) in [7, 11) is -5.84. The fourth-order valence-electron chi connectivity index (χ4n) is 2.48. The van der Waals surface area contributed by atoms with Gasteiger partial charge in [0, 0.05) is 32.7 Å². The van der Waals surface area contributed by atoms with E-state index < -0.39 is 21.4 Å². The van der Waals surface area contributed by atoms with Gasteiger partial charge in [-0.3, -0.25) is 4.90 Å². The molecule has 0 spiro atoms. The van der Waals surface area contributed by atoms with Crippen molar-refractivity contribution >= 4 is 15.8 Å². The molecule has 0 amide bonds. The van der Waals surface area contributed by atoms with Crippen LogP contribution in [0.15, 0.2) is 30.9 Å². The van der Waals surface area contributed by atoms with Crippen LogP contribution in [0.4, 0.5) is 18.9 Å². The van der Waals surface area contributed by atoms with Gasteiger partial charge in [0.05, 0.1) is 5.69 Å². The molecule has 136 valence electrons. The van der Waals surface area contributed by atoms with Crippen LogP contribution in [-0.2, 0) is 10.1 Å². The van der Waals surface area contributed by atoms with E-state index in [1.807, 2.05) is 4.90 Å². The number of alkyl halides is 3. The van der Waals surface area contributed by atoms with Gasteiger partial charge in [0.15, 0.2) is 5.75 Å². The van der Waals surface area contributed by atoms with Crippen LogP contribution in [0.3, 0.4) is 0 Å². The highest BCUT2D eigenvalue weighted by atomic mass is 32.2. The Morgan fingerprint density at radius 1 is 1.28 bits per heavy atom. The van der Waals surface area contributed by atoms with Gasteiger partial charge in [0.25, 0.3) is 0 Å². The molecule has 0 atom stereocenters. The van der Waals surface area contributed by atoms with Crippen molar-refractivity contribution in [3.63, 3.8) is 0 Å². The number of rotatable bonds is 5. The van der Waals surface area contributed by atoms with Crippen molar-refractivity contribution in [3.05, 3.63) is 36.4 Å². The fraction of sp³-hybridized carbons (Fsp3) is 0.400. The lowest BCUT2D eigenvalue weighted by molar-refractivity contribution is -0.0500.